The van der Waals surface area contributed by atoms with Gasteiger partial charge < -0.3 is 24.8 Å². The Kier molecular flexibility index (Phi) is 11.2. The Morgan fingerprint density at radius 3 is 1.61 bits per heavy atom. The number of ketones is 2. The van der Waals surface area contributed by atoms with Crippen LogP contribution in [0.5, 0.6) is 28.7 Å². The molecule has 7 nitrogen and oxygen atoms in total. The standard InChI is InChI=1S/C21H20O6.C10H14O/c1-26-20-11-14(5-9-18(20)24)3-7-16(22)13-17(23)8-4-15-6-10-19(25)21(12-15)27-2;1-7(2)9-5-4-8(3)10(11)6-9/h3-12,24-25H,13H2,1-2H3;4-7,11H,1-3H3. The highest BCUT2D eigenvalue weighted by Crippen LogP contribution is 2.28. The molecule has 38 heavy (non-hydrogen) atoms. The van der Waals surface area contributed by atoms with Crippen LogP contribution >= 0.6 is 0 Å². The van der Waals surface area contributed by atoms with Gasteiger partial charge >= 0.3 is 0 Å². The summed E-state index contributed by atoms with van der Waals surface area (Å²) in [5.74, 6) is 0.804. The average molecular weight is 519 g/mol. The number of hydrogen-bond donors (Lipinski definition) is 3. The predicted octanol–water partition coefficient (Wildman–Crippen LogP) is 6.19. The number of hydrogen-bond acceptors (Lipinski definition) is 7. The van der Waals surface area contributed by atoms with Gasteiger partial charge in [0.05, 0.1) is 20.6 Å². The number of phenols is 3. The summed E-state index contributed by atoms with van der Waals surface area (Å²) in [6.07, 6.45) is 5.44. The Morgan fingerprint density at radius 1 is 0.737 bits per heavy atom. The Morgan fingerprint density at radius 2 is 1.21 bits per heavy atom. The summed E-state index contributed by atoms with van der Waals surface area (Å²) in [5.41, 5.74) is 3.46. The van der Waals surface area contributed by atoms with Crippen LogP contribution in [0.1, 0.15) is 48.4 Å². The number of ether oxygens (including phenoxy) is 2. The number of rotatable bonds is 9. The number of carbonyl (C=O) groups is 2. The largest absolute Gasteiger partial charge is 0.508 e. The van der Waals surface area contributed by atoms with Crippen molar-refractivity contribution in [1.29, 1.82) is 0 Å². The minimum absolute atomic E-state index is 0.00662. The van der Waals surface area contributed by atoms with Crippen molar-refractivity contribution in [3.8, 4) is 28.7 Å². The molecular formula is C31H34O7. The molecule has 0 heterocycles. The maximum absolute atomic E-state index is 11.9. The Labute approximate surface area is 223 Å². The van der Waals surface area contributed by atoms with Gasteiger partial charge in [-0.25, -0.2) is 0 Å². The van der Waals surface area contributed by atoms with Crippen molar-refractivity contribution in [2.75, 3.05) is 14.2 Å². The molecule has 0 aliphatic rings. The van der Waals surface area contributed by atoms with Gasteiger partial charge in [-0.1, -0.05) is 50.3 Å². The molecule has 200 valence electrons. The van der Waals surface area contributed by atoms with Crippen molar-refractivity contribution in [3.63, 3.8) is 0 Å². The normalized spacial score (nSPS) is 10.9. The molecule has 0 aliphatic heterocycles. The van der Waals surface area contributed by atoms with Crippen LogP contribution in [-0.2, 0) is 9.59 Å². The van der Waals surface area contributed by atoms with Crippen LogP contribution in [0.3, 0.4) is 0 Å². The number of phenolic OH excluding ortho intramolecular Hbond substituents is 3. The van der Waals surface area contributed by atoms with Crippen molar-refractivity contribution >= 4 is 23.7 Å². The first kappa shape index (κ1) is 29.7. The van der Waals surface area contributed by atoms with Gasteiger partial charge in [-0.05, 0) is 77.6 Å². The molecule has 0 aromatic heterocycles. The van der Waals surface area contributed by atoms with Crippen molar-refractivity contribution in [3.05, 3.63) is 89.0 Å². The number of methoxy groups -OCH3 is 2. The van der Waals surface area contributed by atoms with Crippen LogP contribution in [0.2, 0.25) is 0 Å². The third-order valence-electron chi connectivity index (χ3n) is 5.58. The maximum Gasteiger partial charge on any atom is 0.163 e. The summed E-state index contributed by atoms with van der Waals surface area (Å²) in [5, 5.41) is 28.4. The molecule has 0 spiro atoms. The molecule has 0 bridgehead atoms. The monoisotopic (exact) mass is 518 g/mol. The first-order chi connectivity index (χ1) is 18.0. The lowest BCUT2D eigenvalue weighted by Gasteiger charge is -2.06. The average Bonchev–Trinajstić information content (AvgIpc) is 2.89. The number of benzene rings is 3. The second kappa shape index (κ2) is 14.3. The lowest BCUT2D eigenvalue weighted by molar-refractivity contribution is -0.121. The van der Waals surface area contributed by atoms with E-state index in [0.29, 0.717) is 34.3 Å². The highest BCUT2D eigenvalue weighted by atomic mass is 16.5. The summed E-state index contributed by atoms with van der Waals surface area (Å²) in [6.45, 7) is 6.13. The van der Waals surface area contributed by atoms with Gasteiger partial charge in [0.1, 0.15) is 5.75 Å². The minimum Gasteiger partial charge on any atom is -0.508 e. The summed E-state index contributed by atoms with van der Waals surface area (Å²) >= 11 is 0. The third-order valence-corrected chi connectivity index (χ3v) is 5.58. The van der Waals surface area contributed by atoms with Crippen LogP contribution in [0, 0.1) is 6.92 Å². The smallest absolute Gasteiger partial charge is 0.163 e. The molecule has 0 aliphatic carbocycles. The zero-order chi connectivity index (χ0) is 28.2. The minimum atomic E-state index is -0.347. The molecular weight excluding hydrogens is 484 g/mol. The van der Waals surface area contributed by atoms with E-state index in [0.717, 1.165) is 5.56 Å². The van der Waals surface area contributed by atoms with E-state index in [1.54, 1.807) is 36.4 Å². The molecule has 0 atom stereocenters. The molecule has 7 heteroatoms. The molecule has 0 saturated carbocycles. The second-order valence-corrected chi connectivity index (χ2v) is 8.84. The van der Waals surface area contributed by atoms with E-state index in [1.807, 2.05) is 19.1 Å². The lowest BCUT2D eigenvalue weighted by atomic mass is 10.0. The Balaban J connectivity index is 0.000000384. The highest BCUT2D eigenvalue weighted by molar-refractivity contribution is 6.10. The summed E-state index contributed by atoms with van der Waals surface area (Å²) < 4.78 is 10.00. The summed E-state index contributed by atoms with van der Waals surface area (Å²) in [4.78, 5) is 23.9. The number of aryl methyl sites for hydroxylation is 1. The van der Waals surface area contributed by atoms with E-state index in [-0.39, 0.29) is 29.5 Å². The fourth-order valence-electron chi connectivity index (χ4n) is 3.25. The quantitative estimate of drug-likeness (QED) is 0.228. The Bertz CT molecular complexity index is 1250. The van der Waals surface area contributed by atoms with Crippen molar-refractivity contribution in [2.45, 2.75) is 33.1 Å². The maximum atomic E-state index is 11.9. The molecule has 3 N–H and O–H groups in total. The van der Waals surface area contributed by atoms with E-state index in [1.165, 1.54) is 44.1 Å². The van der Waals surface area contributed by atoms with Crippen molar-refractivity contribution in [1.82, 2.24) is 0 Å². The van der Waals surface area contributed by atoms with E-state index >= 15 is 0 Å². The van der Waals surface area contributed by atoms with Crippen LogP contribution in [-0.4, -0.2) is 41.1 Å². The number of carbonyl (C=O) groups excluding carboxylic acids is 2. The molecule has 0 radical (unpaired) electrons. The zero-order valence-corrected chi connectivity index (χ0v) is 22.3. The van der Waals surface area contributed by atoms with E-state index in [9.17, 15) is 24.9 Å². The van der Waals surface area contributed by atoms with Gasteiger partial charge in [-0.15, -0.1) is 0 Å². The van der Waals surface area contributed by atoms with Crippen LogP contribution in [0.15, 0.2) is 66.7 Å². The number of aromatic hydroxyl groups is 3. The summed E-state index contributed by atoms with van der Waals surface area (Å²) in [7, 11) is 2.87. The SMILES string of the molecule is COc1cc(C=CC(=O)CC(=O)C=Cc2ccc(O)c(OC)c2)ccc1O.Cc1ccc(C(C)C)cc1O. The van der Waals surface area contributed by atoms with E-state index in [2.05, 4.69) is 19.9 Å². The van der Waals surface area contributed by atoms with Crippen LogP contribution in [0.4, 0.5) is 0 Å². The molecule has 0 amide bonds. The van der Waals surface area contributed by atoms with Crippen molar-refractivity contribution < 1.29 is 34.4 Å². The zero-order valence-electron chi connectivity index (χ0n) is 22.3. The van der Waals surface area contributed by atoms with Gasteiger partial charge in [0.2, 0.25) is 0 Å². The van der Waals surface area contributed by atoms with E-state index < -0.39 is 0 Å². The highest BCUT2D eigenvalue weighted by Gasteiger charge is 2.06. The van der Waals surface area contributed by atoms with Gasteiger partial charge in [0, 0.05) is 0 Å². The molecule has 3 rings (SSSR count). The fourth-order valence-corrected chi connectivity index (χ4v) is 3.25. The molecule has 0 saturated heterocycles. The predicted molar refractivity (Wildman–Crippen MR) is 149 cm³/mol. The van der Waals surface area contributed by atoms with Gasteiger partial charge in [0.25, 0.3) is 0 Å². The van der Waals surface area contributed by atoms with Crippen molar-refractivity contribution in [2.24, 2.45) is 0 Å². The van der Waals surface area contributed by atoms with Crippen LogP contribution < -0.4 is 9.47 Å². The topological polar surface area (TPSA) is 113 Å². The molecule has 0 fully saturated rings. The van der Waals surface area contributed by atoms with E-state index in [4.69, 9.17) is 9.47 Å². The molecule has 3 aromatic carbocycles. The second-order valence-electron chi connectivity index (χ2n) is 8.84. The fraction of sp³-hybridized carbons (Fsp3) is 0.226. The van der Waals surface area contributed by atoms with Gasteiger partial charge in [-0.2, -0.15) is 0 Å². The third kappa shape index (κ3) is 9.17. The van der Waals surface area contributed by atoms with Gasteiger partial charge in [0.15, 0.2) is 34.6 Å². The Hall–Kier alpha value is -4.52. The first-order valence-electron chi connectivity index (χ1n) is 12.0. The van der Waals surface area contributed by atoms with Gasteiger partial charge in [-0.3, -0.25) is 9.59 Å². The molecule has 0 unspecified atom stereocenters. The molecule has 3 aromatic rings. The van der Waals surface area contributed by atoms with Crippen LogP contribution in [0.25, 0.3) is 12.2 Å². The lowest BCUT2D eigenvalue weighted by Crippen LogP contribution is -2.01. The number of allylic oxidation sites excluding steroid dienone is 2. The summed E-state index contributed by atoms with van der Waals surface area (Å²) in [6, 6.07) is 15.2. The first-order valence-corrected chi connectivity index (χ1v) is 12.0.